The molecule has 27 heavy (non-hydrogen) atoms. The molecule has 0 saturated heterocycles. The van der Waals surface area contributed by atoms with E-state index in [1.165, 1.54) is 13.2 Å². The summed E-state index contributed by atoms with van der Waals surface area (Å²) < 4.78 is 28.0. The van der Waals surface area contributed by atoms with Crippen LogP contribution in [0.3, 0.4) is 0 Å². The fourth-order valence-corrected chi connectivity index (χ4v) is 5.26. The standard InChI is InChI=1S/C20H32O6Si/c1-5-24-27(25-6-2,26-7-3)16-9-8-15-23-19-12-10-11-18(17-19)13-14-20(21)22-4/h10-14,17H,5-9,15-16H2,1-4H3/b14-13+. The second-order valence-electron chi connectivity index (χ2n) is 5.72. The van der Waals surface area contributed by atoms with Gasteiger partial charge in [-0.15, -0.1) is 0 Å². The number of esters is 1. The SMILES string of the molecule is CCO[Si](CCCCOc1cccc(/C=C/C(=O)OC)c1)(OCC)OCC. The highest BCUT2D eigenvalue weighted by atomic mass is 28.4. The number of hydrogen-bond acceptors (Lipinski definition) is 6. The van der Waals surface area contributed by atoms with Crippen molar-refractivity contribution in [3.05, 3.63) is 35.9 Å². The molecule has 1 rings (SSSR count). The van der Waals surface area contributed by atoms with Gasteiger partial charge in [-0.1, -0.05) is 12.1 Å². The zero-order chi connectivity index (χ0) is 20.0. The summed E-state index contributed by atoms with van der Waals surface area (Å²) in [6, 6.07) is 8.37. The van der Waals surface area contributed by atoms with Gasteiger partial charge < -0.3 is 22.8 Å². The highest BCUT2D eigenvalue weighted by Crippen LogP contribution is 2.20. The third-order valence-electron chi connectivity index (χ3n) is 3.71. The minimum Gasteiger partial charge on any atom is -0.494 e. The van der Waals surface area contributed by atoms with Crippen LogP contribution in [0.4, 0.5) is 0 Å². The topological polar surface area (TPSA) is 63.2 Å². The summed E-state index contributed by atoms with van der Waals surface area (Å²) in [5.41, 5.74) is 0.883. The molecule has 0 aliphatic heterocycles. The van der Waals surface area contributed by atoms with Crippen LogP contribution in [0.5, 0.6) is 5.75 Å². The van der Waals surface area contributed by atoms with Crippen LogP contribution < -0.4 is 4.74 Å². The van der Waals surface area contributed by atoms with Gasteiger partial charge in [0, 0.05) is 31.9 Å². The van der Waals surface area contributed by atoms with Gasteiger partial charge in [-0.25, -0.2) is 4.79 Å². The van der Waals surface area contributed by atoms with Crippen LogP contribution in [-0.4, -0.2) is 48.3 Å². The predicted molar refractivity (Wildman–Crippen MR) is 108 cm³/mol. The molecule has 0 aliphatic rings. The first-order valence-electron chi connectivity index (χ1n) is 9.49. The summed E-state index contributed by atoms with van der Waals surface area (Å²) in [6.07, 6.45) is 4.88. The second kappa shape index (κ2) is 13.5. The van der Waals surface area contributed by atoms with Gasteiger partial charge in [0.2, 0.25) is 0 Å². The van der Waals surface area contributed by atoms with Gasteiger partial charge in [0.15, 0.2) is 0 Å². The Morgan fingerprint density at radius 3 is 2.30 bits per heavy atom. The zero-order valence-electron chi connectivity index (χ0n) is 16.9. The first-order chi connectivity index (χ1) is 13.1. The van der Waals surface area contributed by atoms with Crippen molar-refractivity contribution in [1.82, 2.24) is 0 Å². The number of carbonyl (C=O) groups is 1. The first kappa shape index (κ1) is 23.4. The molecule has 0 amide bonds. The Hall–Kier alpha value is -1.67. The Morgan fingerprint density at radius 2 is 1.70 bits per heavy atom. The van der Waals surface area contributed by atoms with E-state index < -0.39 is 8.80 Å². The normalized spacial score (nSPS) is 11.7. The Balaban J connectivity index is 2.46. The molecule has 0 fully saturated rings. The van der Waals surface area contributed by atoms with Crippen molar-refractivity contribution >= 4 is 20.8 Å². The van der Waals surface area contributed by atoms with E-state index in [1.54, 1.807) is 6.08 Å². The highest BCUT2D eigenvalue weighted by Gasteiger charge is 2.39. The van der Waals surface area contributed by atoms with Crippen molar-refractivity contribution in [2.75, 3.05) is 33.5 Å². The zero-order valence-corrected chi connectivity index (χ0v) is 17.9. The van der Waals surface area contributed by atoms with Crippen molar-refractivity contribution in [3.8, 4) is 5.75 Å². The second-order valence-corrected chi connectivity index (χ2v) is 8.45. The number of hydrogen-bond donors (Lipinski definition) is 0. The average Bonchev–Trinajstić information content (AvgIpc) is 2.67. The van der Waals surface area contributed by atoms with Crippen LogP contribution in [0.1, 0.15) is 39.2 Å². The molecule has 0 N–H and O–H groups in total. The van der Waals surface area contributed by atoms with E-state index in [2.05, 4.69) is 4.74 Å². The molecule has 0 saturated carbocycles. The number of rotatable bonds is 14. The van der Waals surface area contributed by atoms with Crippen molar-refractivity contribution in [1.29, 1.82) is 0 Å². The molecule has 7 heteroatoms. The molecule has 0 atom stereocenters. The first-order valence-corrected chi connectivity index (χ1v) is 11.4. The predicted octanol–water partition coefficient (Wildman–Crippen LogP) is 4.08. The largest absolute Gasteiger partial charge is 0.500 e. The molecule has 0 heterocycles. The Morgan fingerprint density at radius 1 is 1.04 bits per heavy atom. The number of carbonyl (C=O) groups excluding carboxylic acids is 1. The van der Waals surface area contributed by atoms with Crippen LogP contribution >= 0.6 is 0 Å². The fraction of sp³-hybridized carbons (Fsp3) is 0.550. The van der Waals surface area contributed by atoms with Crippen molar-refractivity contribution in [2.24, 2.45) is 0 Å². The molecule has 1 aromatic carbocycles. The molecule has 0 spiro atoms. The lowest BCUT2D eigenvalue weighted by Gasteiger charge is -2.28. The third kappa shape index (κ3) is 9.19. The smallest absolute Gasteiger partial charge is 0.494 e. The fourth-order valence-electron chi connectivity index (χ4n) is 2.58. The van der Waals surface area contributed by atoms with Gasteiger partial charge in [-0.3, -0.25) is 0 Å². The van der Waals surface area contributed by atoms with Gasteiger partial charge in [-0.05, 0) is 57.4 Å². The lowest BCUT2D eigenvalue weighted by Crippen LogP contribution is -2.45. The third-order valence-corrected chi connectivity index (χ3v) is 6.86. The molecule has 0 unspecified atom stereocenters. The van der Waals surface area contributed by atoms with Crippen molar-refractivity contribution in [3.63, 3.8) is 0 Å². The van der Waals surface area contributed by atoms with E-state index in [0.717, 1.165) is 30.2 Å². The molecular weight excluding hydrogens is 364 g/mol. The van der Waals surface area contributed by atoms with E-state index in [1.807, 2.05) is 45.0 Å². The molecule has 0 aromatic heterocycles. The monoisotopic (exact) mass is 396 g/mol. The maximum atomic E-state index is 11.2. The van der Waals surface area contributed by atoms with Crippen LogP contribution in [0.15, 0.2) is 30.3 Å². The van der Waals surface area contributed by atoms with E-state index in [4.69, 9.17) is 18.0 Å². The van der Waals surface area contributed by atoms with Gasteiger partial charge in [0.25, 0.3) is 0 Å². The lowest BCUT2D eigenvalue weighted by atomic mass is 10.2. The maximum Gasteiger partial charge on any atom is 0.500 e. The Labute approximate surface area is 163 Å². The lowest BCUT2D eigenvalue weighted by molar-refractivity contribution is -0.134. The minimum absolute atomic E-state index is 0.383. The molecular formula is C20H32O6Si. The van der Waals surface area contributed by atoms with E-state index >= 15 is 0 Å². The average molecular weight is 397 g/mol. The highest BCUT2D eigenvalue weighted by molar-refractivity contribution is 6.60. The van der Waals surface area contributed by atoms with Gasteiger partial charge in [0.05, 0.1) is 13.7 Å². The Kier molecular flexibility index (Phi) is 11.7. The summed E-state index contributed by atoms with van der Waals surface area (Å²) in [7, 11) is -1.21. The van der Waals surface area contributed by atoms with Crippen LogP contribution in [0.25, 0.3) is 6.08 Å². The van der Waals surface area contributed by atoms with Gasteiger partial charge >= 0.3 is 14.8 Å². The summed E-state index contributed by atoms with van der Waals surface area (Å²) in [5, 5.41) is 0. The Bertz CT molecular complexity index is 558. The summed E-state index contributed by atoms with van der Waals surface area (Å²) >= 11 is 0. The van der Waals surface area contributed by atoms with E-state index in [9.17, 15) is 4.79 Å². The van der Waals surface area contributed by atoms with Gasteiger partial charge in [-0.2, -0.15) is 0 Å². The van der Waals surface area contributed by atoms with Gasteiger partial charge in [0.1, 0.15) is 5.75 Å². The maximum absolute atomic E-state index is 11.2. The summed E-state index contributed by atoms with van der Waals surface area (Å²) in [5.74, 6) is 0.386. The van der Waals surface area contributed by atoms with E-state index in [-0.39, 0.29) is 5.97 Å². The summed E-state index contributed by atoms with van der Waals surface area (Å²) in [4.78, 5) is 11.2. The van der Waals surface area contributed by atoms with Crippen LogP contribution in [0.2, 0.25) is 6.04 Å². The minimum atomic E-state index is -2.57. The molecule has 6 nitrogen and oxygen atoms in total. The molecule has 0 bridgehead atoms. The molecule has 1 aromatic rings. The summed E-state index contributed by atoms with van der Waals surface area (Å²) in [6.45, 7) is 8.26. The molecule has 0 radical (unpaired) electrons. The number of methoxy groups -OCH3 is 1. The number of ether oxygens (including phenoxy) is 2. The van der Waals surface area contributed by atoms with Crippen LogP contribution in [-0.2, 0) is 22.8 Å². The molecule has 0 aliphatic carbocycles. The quantitative estimate of drug-likeness (QED) is 0.204. The van der Waals surface area contributed by atoms with Crippen molar-refractivity contribution < 1.29 is 27.5 Å². The van der Waals surface area contributed by atoms with E-state index in [0.29, 0.717) is 26.4 Å². The molecule has 152 valence electrons. The number of benzene rings is 1. The number of unbranched alkanes of at least 4 members (excludes halogenated alkanes) is 1. The van der Waals surface area contributed by atoms with Crippen molar-refractivity contribution in [2.45, 2.75) is 39.7 Å². The van der Waals surface area contributed by atoms with Crippen LogP contribution in [0, 0.1) is 0 Å².